The van der Waals surface area contributed by atoms with E-state index in [-0.39, 0.29) is 24.5 Å². The van der Waals surface area contributed by atoms with Gasteiger partial charge in [0.2, 0.25) is 0 Å². The van der Waals surface area contributed by atoms with Crippen LogP contribution in [0.1, 0.15) is 23.6 Å². The van der Waals surface area contributed by atoms with Crippen molar-refractivity contribution in [2.45, 2.75) is 32.2 Å². The van der Waals surface area contributed by atoms with Crippen molar-refractivity contribution in [3.05, 3.63) is 71.0 Å². The van der Waals surface area contributed by atoms with Gasteiger partial charge in [0.15, 0.2) is 5.96 Å². The van der Waals surface area contributed by atoms with Crippen LogP contribution in [0.3, 0.4) is 0 Å². The van der Waals surface area contributed by atoms with Crippen LogP contribution in [0.4, 0.5) is 4.39 Å². The number of halogens is 1. The van der Waals surface area contributed by atoms with Gasteiger partial charge in [-0.15, -0.1) is 0 Å². The molecule has 2 atom stereocenters. The topological polar surface area (TPSA) is 63.9 Å². The number of likely N-dealkylation sites (tertiary alicyclic amines) is 1. The summed E-state index contributed by atoms with van der Waals surface area (Å²) in [6.07, 6.45) is 0.125. The van der Waals surface area contributed by atoms with Gasteiger partial charge in [0.25, 0.3) is 0 Å². The molecule has 6 nitrogen and oxygen atoms in total. The molecule has 0 amide bonds. The van der Waals surface area contributed by atoms with E-state index < -0.39 is 0 Å². The lowest BCUT2D eigenvalue weighted by atomic mass is 10.1. The molecular weight excluding hydrogens is 393 g/mol. The Balaban J connectivity index is 1.48. The molecule has 0 radical (unpaired) electrons. The number of nitriles is 1. The number of fused-ring (bicyclic) bond motifs is 1. The summed E-state index contributed by atoms with van der Waals surface area (Å²) in [4.78, 5) is 9.37. The average Bonchev–Trinajstić information content (AvgIpc) is 3.23. The zero-order chi connectivity index (χ0) is 21.6. The summed E-state index contributed by atoms with van der Waals surface area (Å²) in [5.74, 6) is 0.410. The fourth-order valence-electron chi connectivity index (χ4n) is 4.30. The molecule has 7 heteroatoms. The third-order valence-electron chi connectivity index (χ3n) is 5.85. The first-order valence-corrected chi connectivity index (χ1v) is 10.8. The number of morpholine rings is 1. The maximum absolute atomic E-state index is 14.2. The van der Waals surface area contributed by atoms with Crippen molar-refractivity contribution in [3.8, 4) is 6.07 Å². The van der Waals surface area contributed by atoms with Crippen LogP contribution in [0, 0.1) is 17.1 Å². The second kappa shape index (κ2) is 9.90. The van der Waals surface area contributed by atoms with E-state index in [1.54, 1.807) is 6.07 Å². The maximum atomic E-state index is 14.2. The first kappa shape index (κ1) is 21.3. The molecule has 0 aliphatic carbocycles. The van der Waals surface area contributed by atoms with E-state index in [0.29, 0.717) is 11.1 Å². The Bertz CT molecular complexity index is 958. The summed E-state index contributed by atoms with van der Waals surface area (Å²) in [6.45, 7) is 7.02. The zero-order valence-corrected chi connectivity index (χ0v) is 17.8. The molecule has 0 saturated carbocycles. The van der Waals surface area contributed by atoms with Crippen LogP contribution in [-0.2, 0) is 17.8 Å². The van der Waals surface area contributed by atoms with Crippen LogP contribution in [0.15, 0.2) is 53.5 Å². The van der Waals surface area contributed by atoms with E-state index in [1.807, 2.05) is 13.0 Å². The third-order valence-corrected chi connectivity index (χ3v) is 5.85. The Morgan fingerprint density at radius 2 is 2.10 bits per heavy atom. The van der Waals surface area contributed by atoms with Gasteiger partial charge in [-0.3, -0.25) is 4.90 Å². The SMILES string of the molecule is CCNC(=NCc1cc(C#N)ccc1F)N1CC2OCCN(Cc3ccccc3)C2C1. The number of hydrogen-bond acceptors (Lipinski definition) is 4. The number of benzene rings is 2. The van der Waals surface area contributed by atoms with Gasteiger partial charge in [-0.1, -0.05) is 30.3 Å². The minimum Gasteiger partial charge on any atom is -0.373 e. The van der Waals surface area contributed by atoms with Crippen LogP contribution in [-0.4, -0.2) is 60.7 Å². The highest BCUT2D eigenvalue weighted by molar-refractivity contribution is 5.80. The maximum Gasteiger partial charge on any atom is 0.194 e. The fourth-order valence-corrected chi connectivity index (χ4v) is 4.30. The summed E-state index contributed by atoms with van der Waals surface area (Å²) in [5, 5.41) is 12.4. The van der Waals surface area contributed by atoms with Crippen LogP contribution >= 0.6 is 0 Å². The minimum atomic E-state index is -0.342. The summed E-state index contributed by atoms with van der Waals surface area (Å²) in [6, 6.07) is 17.2. The first-order chi connectivity index (χ1) is 15.2. The predicted octanol–water partition coefficient (Wildman–Crippen LogP) is 2.75. The molecule has 0 bridgehead atoms. The molecule has 2 aliphatic rings. The van der Waals surface area contributed by atoms with E-state index >= 15 is 0 Å². The molecule has 2 fully saturated rings. The Kier molecular flexibility index (Phi) is 6.80. The lowest BCUT2D eigenvalue weighted by molar-refractivity contribution is -0.0502. The van der Waals surface area contributed by atoms with E-state index in [9.17, 15) is 4.39 Å². The van der Waals surface area contributed by atoms with Crippen molar-refractivity contribution >= 4 is 5.96 Å². The quantitative estimate of drug-likeness (QED) is 0.594. The number of ether oxygens (including phenoxy) is 1. The molecule has 2 aromatic rings. The molecular formula is C24H28FN5O. The molecule has 1 N–H and O–H groups in total. The second-order valence-corrected chi connectivity index (χ2v) is 7.93. The number of hydrogen-bond donors (Lipinski definition) is 1. The number of aliphatic imine (C=N–C) groups is 1. The first-order valence-electron chi connectivity index (χ1n) is 10.8. The summed E-state index contributed by atoms with van der Waals surface area (Å²) in [7, 11) is 0. The average molecular weight is 422 g/mol. The molecule has 2 aliphatic heterocycles. The Labute approximate surface area is 182 Å². The summed E-state index contributed by atoms with van der Waals surface area (Å²) >= 11 is 0. The van der Waals surface area contributed by atoms with E-state index in [2.05, 4.69) is 50.4 Å². The standard InChI is InChI=1S/C24H28FN5O/c1-2-27-24(28-14-20-12-19(13-26)8-9-21(20)25)30-16-22-23(17-30)31-11-10-29(22)15-18-6-4-3-5-7-18/h3-9,12,22-23H,2,10-11,14-17H2,1H3,(H,27,28). The highest BCUT2D eigenvalue weighted by Gasteiger charge is 2.41. The Hall–Kier alpha value is -2.95. The van der Waals surface area contributed by atoms with Crippen LogP contribution < -0.4 is 5.32 Å². The van der Waals surface area contributed by atoms with E-state index in [0.717, 1.165) is 45.3 Å². The number of guanidine groups is 1. The van der Waals surface area contributed by atoms with Gasteiger partial charge in [-0.2, -0.15) is 5.26 Å². The van der Waals surface area contributed by atoms with Crippen molar-refractivity contribution in [1.29, 1.82) is 5.26 Å². The van der Waals surface area contributed by atoms with Gasteiger partial charge in [0, 0.05) is 38.3 Å². The molecule has 2 aromatic carbocycles. The molecule has 162 valence electrons. The second-order valence-electron chi connectivity index (χ2n) is 7.93. The van der Waals surface area contributed by atoms with Crippen LogP contribution in [0.25, 0.3) is 0 Å². The highest BCUT2D eigenvalue weighted by atomic mass is 19.1. The summed E-state index contributed by atoms with van der Waals surface area (Å²) < 4.78 is 20.3. The van der Waals surface area contributed by atoms with Crippen molar-refractivity contribution in [3.63, 3.8) is 0 Å². The smallest absolute Gasteiger partial charge is 0.194 e. The van der Waals surface area contributed by atoms with Crippen molar-refractivity contribution in [1.82, 2.24) is 15.1 Å². The molecule has 31 heavy (non-hydrogen) atoms. The molecule has 0 aromatic heterocycles. The van der Waals surface area contributed by atoms with Gasteiger partial charge < -0.3 is 15.0 Å². The van der Waals surface area contributed by atoms with Gasteiger partial charge in [0.1, 0.15) is 5.82 Å². The van der Waals surface area contributed by atoms with Crippen molar-refractivity contribution < 1.29 is 9.13 Å². The molecule has 2 heterocycles. The molecule has 0 spiro atoms. The summed E-state index contributed by atoms with van der Waals surface area (Å²) in [5.41, 5.74) is 2.16. The molecule has 2 saturated heterocycles. The lowest BCUT2D eigenvalue weighted by Gasteiger charge is -2.36. The van der Waals surface area contributed by atoms with Crippen LogP contribution in [0.5, 0.6) is 0 Å². The Morgan fingerprint density at radius 1 is 1.26 bits per heavy atom. The van der Waals surface area contributed by atoms with Gasteiger partial charge >= 0.3 is 0 Å². The van der Waals surface area contributed by atoms with Crippen LogP contribution in [0.2, 0.25) is 0 Å². The largest absolute Gasteiger partial charge is 0.373 e. The monoisotopic (exact) mass is 421 g/mol. The van der Waals surface area contributed by atoms with Gasteiger partial charge in [0.05, 0.1) is 36.9 Å². The number of nitrogens with zero attached hydrogens (tertiary/aromatic N) is 4. The van der Waals surface area contributed by atoms with E-state index in [1.165, 1.54) is 17.7 Å². The fraction of sp³-hybridized carbons (Fsp3) is 0.417. The van der Waals surface area contributed by atoms with E-state index in [4.69, 9.17) is 10.00 Å². The normalized spacial score (nSPS) is 21.6. The molecule has 2 unspecified atom stereocenters. The van der Waals surface area contributed by atoms with Crippen molar-refractivity contribution in [2.24, 2.45) is 4.99 Å². The third kappa shape index (κ3) is 5.04. The Morgan fingerprint density at radius 3 is 2.87 bits per heavy atom. The predicted molar refractivity (Wildman–Crippen MR) is 118 cm³/mol. The van der Waals surface area contributed by atoms with Gasteiger partial charge in [-0.05, 0) is 30.7 Å². The minimum absolute atomic E-state index is 0.125. The number of rotatable bonds is 5. The zero-order valence-electron chi connectivity index (χ0n) is 17.8. The number of nitrogens with one attached hydrogen (secondary N) is 1. The van der Waals surface area contributed by atoms with Crippen molar-refractivity contribution in [2.75, 3.05) is 32.8 Å². The van der Waals surface area contributed by atoms with Gasteiger partial charge in [-0.25, -0.2) is 9.38 Å². The molecule has 4 rings (SSSR count). The highest BCUT2D eigenvalue weighted by Crippen LogP contribution is 2.25. The lowest BCUT2D eigenvalue weighted by Crippen LogP contribution is -2.50.